The third-order valence-electron chi connectivity index (χ3n) is 3.05. The topological polar surface area (TPSA) is 26.0 Å². The van der Waals surface area contributed by atoms with Gasteiger partial charge in [0.1, 0.15) is 11.6 Å². The Morgan fingerprint density at radius 2 is 1.79 bits per heavy atom. The van der Waals surface area contributed by atoms with Crippen LogP contribution < -0.4 is 5.73 Å². The van der Waals surface area contributed by atoms with E-state index in [0.29, 0.717) is 22.6 Å². The van der Waals surface area contributed by atoms with Crippen molar-refractivity contribution in [1.29, 1.82) is 0 Å². The van der Waals surface area contributed by atoms with Gasteiger partial charge < -0.3 is 5.73 Å². The standard InChI is InChI=1S/C15H14ClF2N/c1-15(19,11-3-2-4-12(17)8-11)9-10-7-13(18)5-6-14(10)16/h2-8H,9,19H2,1H3. The van der Waals surface area contributed by atoms with Gasteiger partial charge in [0, 0.05) is 10.6 Å². The number of halogens is 3. The molecule has 0 spiro atoms. The zero-order valence-corrected chi connectivity index (χ0v) is 11.2. The summed E-state index contributed by atoms with van der Waals surface area (Å²) in [5.41, 5.74) is 6.64. The summed E-state index contributed by atoms with van der Waals surface area (Å²) in [6, 6.07) is 10.2. The average Bonchev–Trinajstić information content (AvgIpc) is 2.33. The Hall–Kier alpha value is -1.45. The van der Waals surface area contributed by atoms with Crippen LogP contribution >= 0.6 is 11.6 Å². The van der Waals surface area contributed by atoms with Crippen LogP contribution in [0.4, 0.5) is 8.78 Å². The van der Waals surface area contributed by atoms with Gasteiger partial charge in [0.15, 0.2) is 0 Å². The normalized spacial score (nSPS) is 14.2. The molecule has 0 fully saturated rings. The van der Waals surface area contributed by atoms with E-state index in [9.17, 15) is 8.78 Å². The summed E-state index contributed by atoms with van der Waals surface area (Å²) in [6.45, 7) is 1.77. The summed E-state index contributed by atoms with van der Waals surface area (Å²) in [6.07, 6.45) is 0.326. The van der Waals surface area contributed by atoms with Crippen molar-refractivity contribution in [3.63, 3.8) is 0 Å². The molecule has 2 aromatic rings. The maximum absolute atomic E-state index is 13.2. The minimum atomic E-state index is -0.820. The smallest absolute Gasteiger partial charge is 0.123 e. The fourth-order valence-corrected chi connectivity index (χ4v) is 2.20. The van der Waals surface area contributed by atoms with E-state index in [1.165, 1.54) is 30.3 Å². The largest absolute Gasteiger partial charge is 0.321 e. The van der Waals surface area contributed by atoms with E-state index in [1.807, 2.05) is 0 Å². The van der Waals surface area contributed by atoms with Crippen molar-refractivity contribution in [3.05, 3.63) is 70.2 Å². The highest BCUT2D eigenvalue weighted by molar-refractivity contribution is 6.31. The molecule has 0 heterocycles. The predicted octanol–water partition coefficient (Wildman–Crippen LogP) is 4.03. The molecule has 0 saturated heterocycles. The first-order chi connectivity index (χ1) is 8.88. The van der Waals surface area contributed by atoms with Gasteiger partial charge in [0.25, 0.3) is 0 Å². The lowest BCUT2D eigenvalue weighted by Gasteiger charge is -2.26. The Morgan fingerprint density at radius 3 is 2.47 bits per heavy atom. The fraction of sp³-hybridized carbons (Fsp3) is 0.200. The molecule has 1 atom stereocenters. The van der Waals surface area contributed by atoms with Gasteiger partial charge >= 0.3 is 0 Å². The van der Waals surface area contributed by atoms with Crippen molar-refractivity contribution in [1.82, 2.24) is 0 Å². The lowest BCUT2D eigenvalue weighted by molar-refractivity contribution is 0.484. The SMILES string of the molecule is CC(N)(Cc1cc(F)ccc1Cl)c1cccc(F)c1. The molecule has 0 amide bonds. The van der Waals surface area contributed by atoms with Crippen molar-refractivity contribution in [2.24, 2.45) is 5.73 Å². The molecular weight excluding hydrogens is 268 g/mol. The molecule has 0 aliphatic rings. The van der Waals surface area contributed by atoms with Crippen LogP contribution in [-0.2, 0) is 12.0 Å². The molecule has 1 unspecified atom stereocenters. The Morgan fingerprint density at radius 1 is 1.11 bits per heavy atom. The van der Waals surface area contributed by atoms with E-state index in [2.05, 4.69) is 0 Å². The van der Waals surface area contributed by atoms with E-state index < -0.39 is 5.54 Å². The molecule has 100 valence electrons. The predicted molar refractivity (Wildman–Crippen MR) is 73.1 cm³/mol. The Kier molecular flexibility index (Phi) is 3.88. The summed E-state index contributed by atoms with van der Waals surface area (Å²) in [5, 5.41) is 0.453. The molecule has 0 aliphatic heterocycles. The second-order valence-electron chi connectivity index (χ2n) is 4.84. The Balaban J connectivity index is 2.33. The first kappa shape index (κ1) is 14.0. The van der Waals surface area contributed by atoms with E-state index in [4.69, 9.17) is 17.3 Å². The maximum Gasteiger partial charge on any atom is 0.123 e. The van der Waals surface area contributed by atoms with Crippen molar-refractivity contribution >= 4 is 11.6 Å². The quantitative estimate of drug-likeness (QED) is 0.903. The zero-order valence-electron chi connectivity index (χ0n) is 10.5. The van der Waals surface area contributed by atoms with Crippen molar-refractivity contribution < 1.29 is 8.78 Å². The van der Waals surface area contributed by atoms with E-state index in [0.717, 1.165) is 0 Å². The minimum absolute atomic E-state index is 0.326. The summed E-state index contributed by atoms with van der Waals surface area (Å²) < 4.78 is 26.5. The van der Waals surface area contributed by atoms with Crippen molar-refractivity contribution in [3.8, 4) is 0 Å². The van der Waals surface area contributed by atoms with Crippen LogP contribution in [0.3, 0.4) is 0 Å². The zero-order chi connectivity index (χ0) is 14.0. The number of hydrogen-bond acceptors (Lipinski definition) is 1. The maximum atomic E-state index is 13.2. The van der Waals surface area contributed by atoms with Gasteiger partial charge in [-0.2, -0.15) is 0 Å². The monoisotopic (exact) mass is 281 g/mol. The molecule has 0 bridgehead atoms. The molecule has 2 rings (SSSR count). The highest BCUT2D eigenvalue weighted by Crippen LogP contribution is 2.27. The van der Waals surface area contributed by atoms with Crippen LogP contribution in [0, 0.1) is 11.6 Å². The third-order valence-corrected chi connectivity index (χ3v) is 3.42. The van der Waals surface area contributed by atoms with Crippen LogP contribution in [0.2, 0.25) is 5.02 Å². The third kappa shape index (κ3) is 3.31. The minimum Gasteiger partial charge on any atom is -0.321 e. The van der Waals surface area contributed by atoms with Crippen LogP contribution in [0.25, 0.3) is 0 Å². The van der Waals surface area contributed by atoms with Crippen LogP contribution in [-0.4, -0.2) is 0 Å². The molecule has 1 nitrogen and oxygen atoms in total. The van der Waals surface area contributed by atoms with Gasteiger partial charge in [-0.25, -0.2) is 8.78 Å². The van der Waals surface area contributed by atoms with Gasteiger partial charge in [0.2, 0.25) is 0 Å². The summed E-state index contributed by atoms with van der Waals surface area (Å²) in [7, 11) is 0. The molecule has 2 aromatic carbocycles. The molecule has 0 aromatic heterocycles. The van der Waals surface area contributed by atoms with Gasteiger partial charge in [-0.05, 0) is 54.8 Å². The molecule has 2 N–H and O–H groups in total. The van der Waals surface area contributed by atoms with Crippen molar-refractivity contribution in [2.75, 3.05) is 0 Å². The highest BCUT2D eigenvalue weighted by atomic mass is 35.5. The van der Waals surface area contributed by atoms with Gasteiger partial charge in [-0.15, -0.1) is 0 Å². The lowest BCUT2D eigenvalue weighted by Crippen LogP contribution is -2.35. The van der Waals surface area contributed by atoms with Gasteiger partial charge in [0.05, 0.1) is 0 Å². The second kappa shape index (κ2) is 5.27. The molecule has 0 saturated carbocycles. The fourth-order valence-electron chi connectivity index (χ4n) is 2.02. The number of rotatable bonds is 3. The van der Waals surface area contributed by atoms with Gasteiger partial charge in [-0.1, -0.05) is 23.7 Å². The molecule has 0 radical (unpaired) electrons. The van der Waals surface area contributed by atoms with E-state index in [-0.39, 0.29) is 11.6 Å². The molecule has 19 heavy (non-hydrogen) atoms. The number of hydrogen-bond donors (Lipinski definition) is 1. The first-order valence-electron chi connectivity index (χ1n) is 5.87. The molecular formula is C15H14ClF2N. The van der Waals surface area contributed by atoms with Crippen molar-refractivity contribution in [2.45, 2.75) is 18.9 Å². The molecule has 0 aliphatic carbocycles. The molecule has 4 heteroatoms. The van der Waals surface area contributed by atoms with E-state index >= 15 is 0 Å². The van der Waals surface area contributed by atoms with E-state index in [1.54, 1.807) is 19.1 Å². The van der Waals surface area contributed by atoms with Gasteiger partial charge in [-0.3, -0.25) is 0 Å². The number of benzene rings is 2. The lowest BCUT2D eigenvalue weighted by atomic mass is 9.86. The average molecular weight is 282 g/mol. The summed E-state index contributed by atoms with van der Waals surface area (Å²) in [4.78, 5) is 0. The first-order valence-corrected chi connectivity index (χ1v) is 6.25. The van der Waals surface area contributed by atoms with Crippen LogP contribution in [0.1, 0.15) is 18.1 Å². The van der Waals surface area contributed by atoms with Crippen LogP contribution in [0.15, 0.2) is 42.5 Å². The van der Waals surface area contributed by atoms with Crippen LogP contribution in [0.5, 0.6) is 0 Å². The second-order valence-corrected chi connectivity index (χ2v) is 5.25. The summed E-state index contributed by atoms with van der Waals surface area (Å²) >= 11 is 6.02. The summed E-state index contributed by atoms with van der Waals surface area (Å²) in [5.74, 6) is -0.714. The highest BCUT2D eigenvalue weighted by Gasteiger charge is 2.23. The number of nitrogens with two attached hydrogens (primary N) is 1. The Bertz CT molecular complexity index is 596. The Labute approximate surface area is 116 Å².